The third kappa shape index (κ3) is 3.47. The van der Waals surface area contributed by atoms with E-state index in [9.17, 15) is 19.8 Å². The average molecular weight is 465 g/mol. The van der Waals surface area contributed by atoms with E-state index >= 15 is 0 Å². The number of hydrogen-bond donors (Lipinski definition) is 2. The Hall–Kier alpha value is -3.97. The Bertz CT molecular complexity index is 1470. The van der Waals surface area contributed by atoms with Crippen LogP contribution in [0, 0.1) is 0 Å². The minimum absolute atomic E-state index is 0.0186. The van der Waals surface area contributed by atoms with Gasteiger partial charge in [-0.2, -0.15) is 0 Å². The van der Waals surface area contributed by atoms with Crippen LogP contribution in [-0.2, 0) is 4.79 Å². The summed E-state index contributed by atoms with van der Waals surface area (Å²) in [6.45, 7) is 0. The molecule has 2 N–H and O–H groups in total. The lowest BCUT2D eigenvalue weighted by atomic mass is 9.84. The van der Waals surface area contributed by atoms with Gasteiger partial charge in [0.05, 0.1) is 19.1 Å². The van der Waals surface area contributed by atoms with Gasteiger partial charge >= 0.3 is 5.97 Å². The summed E-state index contributed by atoms with van der Waals surface area (Å²) in [6.07, 6.45) is 1.29. The van der Waals surface area contributed by atoms with Gasteiger partial charge in [-0.1, -0.05) is 29.8 Å². The molecule has 1 aromatic heterocycles. The summed E-state index contributed by atoms with van der Waals surface area (Å²) in [7, 11) is 1.42. The predicted octanol–water partition coefficient (Wildman–Crippen LogP) is 4.97. The van der Waals surface area contributed by atoms with Gasteiger partial charge in [-0.15, -0.1) is 0 Å². The lowest BCUT2D eigenvalue weighted by Crippen LogP contribution is -2.22. The topological polar surface area (TPSA) is 106 Å². The van der Waals surface area contributed by atoms with Gasteiger partial charge < -0.3 is 24.1 Å². The third-order valence-corrected chi connectivity index (χ3v) is 5.98. The smallest absolute Gasteiger partial charge is 0.312 e. The van der Waals surface area contributed by atoms with Crippen molar-refractivity contribution < 1.29 is 28.9 Å². The summed E-state index contributed by atoms with van der Waals surface area (Å²) in [5.41, 5.74) is 1.63. The SMILES string of the molecule is COc1cc([C@@H]2CC(=O)Oc3cc(O)c4c(=O)c(-c5ccc(Cl)cc5)coc4c32)ccc1O. The van der Waals surface area contributed by atoms with Crippen LogP contribution < -0.4 is 14.9 Å². The van der Waals surface area contributed by atoms with E-state index in [1.165, 1.54) is 25.5 Å². The second kappa shape index (κ2) is 7.86. The zero-order valence-corrected chi connectivity index (χ0v) is 18.1. The van der Waals surface area contributed by atoms with Crippen LogP contribution in [0.2, 0.25) is 5.02 Å². The predicted molar refractivity (Wildman–Crippen MR) is 121 cm³/mol. The molecule has 166 valence electrons. The van der Waals surface area contributed by atoms with Crippen molar-refractivity contribution in [1.82, 2.24) is 0 Å². The number of phenols is 2. The fraction of sp³-hybridized carbons (Fsp3) is 0.120. The highest BCUT2D eigenvalue weighted by molar-refractivity contribution is 6.30. The molecule has 0 aliphatic carbocycles. The Morgan fingerprint density at radius 1 is 1.03 bits per heavy atom. The molecule has 33 heavy (non-hydrogen) atoms. The van der Waals surface area contributed by atoms with Gasteiger partial charge in [0.1, 0.15) is 28.7 Å². The van der Waals surface area contributed by atoms with Crippen LogP contribution in [0.25, 0.3) is 22.1 Å². The first-order valence-corrected chi connectivity index (χ1v) is 10.4. The van der Waals surface area contributed by atoms with E-state index in [2.05, 4.69) is 0 Å². The van der Waals surface area contributed by atoms with Crippen LogP contribution in [0.4, 0.5) is 0 Å². The first kappa shape index (κ1) is 20.9. The van der Waals surface area contributed by atoms with Crippen molar-refractivity contribution in [2.45, 2.75) is 12.3 Å². The lowest BCUT2D eigenvalue weighted by molar-refractivity contribution is -0.135. The average Bonchev–Trinajstić information content (AvgIpc) is 2.79. The summed E-state index contributed by atoms with van der Waals surface area (Å²) in [4.78, 5) is 25.7. The Kier molecular flexibility index (Phi) is 4.98. The number of hydrogen-bond acceptors (Lipinski definition) is 7. The van der Waals surface area contributed by atoms with Crippen LogP contribution in [0.5, 0.6) is 23.0 Å². The number of carbonyl (C=O) groups is 1. The van der Waals surface area contributed by atoms with Gasteiger partial charge in [-0.25, -0.2) is 0 Å². The normalized spacial score (nSPS) is 15.2. The number of aromatic hydroxyl groups is 2. The number of esters is 1. The standard InChI is InChI=1S/C25H17ClO7/c1-31-19-8-13(4-7-17(19)27)15-9-21(29)33-20-10-18(28)23-24(30)16(11-32-25(23)22(15)20)12-2-5-14(26)6-3-12/h2-8,10-11,15,27-28H,9H2,1H3/t15-/m0/s1. The summed E-state index contributed by atoms with van der Waals surface area (Å²) < 4.78 is 16.5. The molecule has 1 atom stereocenters. The quantitative estimate of drug-likeness (QED) is 0.325. The number of rotatable bonds is 3. The molecule has 0 bridgehead atoms. The van der Waals surface area contributed by atoms with Crippen LogP contribution in [-0.4, -0.2) is 23.3 Å². The summed E-state index contributed by atoms with van der Waals surface area (Å²) in [6, 6.07) is 12.7. The number of phenolic OH excluding ortho intramolecular Hbond substituents is 2. The van der Waals surface area contributed by atoms with E-state index in [1.54, 1.807) is 36.4 Å². The van der Waals surface area contributed by atoms with E-state index in [1.807, 2.05) is 0 Å². The van der Waals surface area contributed by atoms with Crippen molar-refractivity contribution in [2.24, 2.45) is 0 Å². The lowest BCUT2D eigenvalue weighted by Gasteiger charge is -2.26. The van der Waals surface area contributed by atoms with Crippen molar-refractivity contribution >= 4 is 28.5 Å². The zero-order valence-electron chi connectivity index (χ0n) is 17.3. The van der Waals surface area contributed by atoms with Crippen molar-refractivity contribution in [3.8, 4) is 34.1 Å². The zero-order chi connectivity index (χ0) is 23.3. The summed E-state index contributed by atoms with van der Waals surface area (Å²) in [5.74, 6) is -1.11. The summed E-state index contributed by atoms with van der Waals surface area (Å²) in [5, 5.41) is 21.1. The van der Waals surface area contributed by atoms with E-state index in [4.69, 9.17) is 25.5 Å². The second-order valence-electron chi connectivity index (χ2n) is 7.66. The molecule has 0 spiro atoms. The first-order chi connectivity index (χ1) is 15.9. The summed E-state index contributed by atoms with van der Waals surface area (Å²) >= 11 is 5.95. The maximum absolute atomic E-state index is 13.4. The maximum atomic E-state index is 13.4. The van der Waals surface area contributed by atoms with Gasteiger partial charge in [0.2, 0.25) is 5.43 Å². The molecule has 0 unspecified atom stereocenters. The highest BCUT2D eigenvalue weighted by Gasteiger charge is 2.34. The molecule has 0 saturated carbocycles. The largest absolute Gasteiger partial charge is 0.507 e. The van der Waals surface area contributed by atoms with Crippen molar-refractivity contribution in [3.05, 3.63) is 81.2 Å². The highest BCUT2D eigenvalue weighted by Crippen LogP contribution is 2.46. The molecule has 1 aliphatic rings. The monoisotopic (exact) mass is 464 g/mol. The molecule has 8 heteroatoms. The second-order valence-corrected chi connectivity index (χ2v) is 8.10. The fourth-order valence-electron chi connectivity index (χ4n) is 4.16. The number of halogens is 1. The third-order valence-electron chi connectivity index (χ3n) is 5.73. The van der Waals surface area contributed by atoms with Gasteiger partial charge in [-0.05, 0) is 35.4 Å². The molecule has 0 radical (unpaired) electrons. The molecule has 3 aromatic carbocycles. The van der Waals surface area contributed by atoms with E-state index in [0.29, 0.717) is 21.7 Å². The Balaban J connectivity index is 1.76. The van der Waals surface area contributed by atoms with Crippen molar-refractivity contribution in [1.29, 1.82) is 0 Å². The Morgan fingerprint density at radius 2 is 1.79 bits per heavy atom. The Labute approximate surface area is 192 Å². The molecule has 0 saturated heterocycles. The number of benzene rings is 3. The minimum atomic E-state index is -0.552. The molecule has 1 aliphatic heterocycles. The van der Waals surface area contributed by atoms with Gasteiger partial charge in [0, 0.05) is 22.6 Å². The molecule has 0 amide bonds. The van der Waals surface area contributed by atoms with Gasteiger partial charge in [0.25, 0.3) is 0 Å². The number of ether oxygens (including phenoxy) is 2. The molecule has 0 fully saturated rings. The highest BCUT2D eigenvalue weighted by atomic mass is 35.5. The number of methoxy groups -OCH3 is 1. The molecule has 2 heterocycles. The first-order valence-electron chi connectivity index (χ1n) is 10.0. The van der Waals surface area contributed by atoms with Gasteiger partial charge in [-0.3, -0.25) is 9.59 Å². The minimum Gasteiger partial charge on any atom is -0.507 e. The van der Waals surface area contributed by atoms with E-state index in [0.717, 1.165) is 0 Å². The Morgan fingerprint density at radius 3 is 2.52 bits per heavy atom. The molecule has 4 aromatic rings. The molecule has 7 nitrogen and oxygen atoms in total. The van der Waals surface area contributed by atoms with Crippen LogP contribution in [0.1, 0.15) is 23.5 Å². The van der Waals surface area contributed by atoms with E-state index in [-0.39, 0.29) is 46.0 Å². The molecule has 5 rings (SSSR count). The van der Waals surface area contributed by atoms with Crippen LogP contribution >= 0.6 is 11.6 Å². The van der Waals surface area contributed by atoms with Gasteiger partial charge in [0.15, 0.2) is 11.5 Å². The molecular weight excluding hydrogens is 448 g/mol. The van der Waals surface area contributed by atoms with Crippen molar-refractivity contribution in [3.63, 3.8) is 0 Å². The van der Waals surface area contributed by atoms with Crippen molar-refractivity contribution in [2.75, 3.05) is 7.11 Å². The van der Waals surface area contributed by atoms with E-state index < -0.39 is 17.3 Å². The maximum Gasteiger partial charge on any atom is 0.312 e. The number of carbonyl (C=O) groups excluding carboxylic acids is 1. The molecular formula is C25H17ClO7. The van der Waals surface area contributed by atoms with Crippen LogP contribution in [0.15, 0.2) is 64.0 Å². The van der Waals surface area contributed by atoms with Crippen LogP contribution in [0.3, 0.4) is 0 Å². The number of fused-ring (bicyclic) bond motifs is 3. The fourth-order valence-corrected chi connectivity index (χ4v) is 4.28.